The van der Waals surface area contributed by atoms with E-state index in [0.29, 0.717) is 5.92 Å². The van der Waals surface area contributed by atoms with E-state index in [4.69, 9.17) is 5.11 Å². The standard InChI is InChI=1S/C11H17N3O/c15-7-6-14-5-1-2-10(8-14)11-3-4-12-9-13-11/h3-4,9-10,15H,1-2,5-8H2. The van der Waals surface area contributed by atoms with Crippen LogP contribution in [0.1, 0.15) is 24.5 Å². The number of rotatable bonds is 3. The van der Waals surface area contributed by atoms with Gasteiger partial charge in [0.25, 0.3) is 0 Å². The Morgan fingerprint density at radius 1 is 1.53 bits per heavy atom. The highest BCUT2D eigenvalue weighted by Crippen LogP contribution is 2.24. The summed E-state index contributed by atoms with van der Waals surface area (Å²) in [4.78, 5) is 10.5. The second kappa shape index (κ2) is 5.19. The third-order valence-electron chi connectivity index (χ3n) is 2.94. The van der Waals surface area contributed by atoms with Crippen LogP contribution in [0, 0.1) is 0 Å². The predicted octanol–water partition coefficient (Wildman–Crippen LogP) is 0.648. The largest absolute Gasteiger partial charge is 0.395 e. The maximum atomic E-state index is 8.91. The fourth-order valence-corrected chi connectivity index (χ4v) is 2.18. The SMILES string of the molecule is OCCN1CCCC(c2ccncn2)C1. The molecule has 0 aromatic carbocycles. The van der Waals surface area contributed by atoms with Crippen LogP contribution in [-0.4, -0.2) is 46.2 Å². The number of hydrogen-bond donors (Lipinski definition) is 1. The maximum absolute atomic E-state index is 8.91. The molecule has 1 N–H and O–H groups in total. The lowest BCUT2D eigenvalue weighted by atomic mass is 9.94. The molecular formula is C11H17N3O. The molecule has 2 heterocycles. The fourth-order valence-electron chi connectivity index (χ4n) is 2.18. The number of piperidine rings is 1. The first-order valence-corrected chi connectivity index (χ1v) is 5.49. The Morgan fingerprint density at radius 3 is 3.20 bits per heavy atom. The Labute approximate surface area is 90.0 Å². The summed E-state index contributed by atoms with van der Waals surface area (Å²) in [6, 6.07) is 1.99. The van der Waals surface area contributed by atoms with E-state index in [1.807, 2.05) is 6.07 Å². The zero-order valence-corrected chi connectivity index (χ0v) is 8.84. The second-order valence-corrected chi connectivity index (χ2v) is 4.00. The smallest absolute Gasteiger partial charge is 0.115 e. The number of likely N-dealkylation sites (tertiary alicyclic amines) is 1. The van der Waals surface area contributed by atoms with Crippen molar-refractivity contribution in [2.24, 2.45) is 0 Å². The molecule has 1 saturated heterocycles. The Hall–Kier alpha value is -1.00. The van der Waals surface area contributed by atoms with Gasteiger partial charge in [-0.15, -0.1) is 0 Å². The molecule has 0 aliphatic carbocycles. The number of aromatic nitrogens is 2. The van der Waals surface area contributed by atoms with Crippen LogP contribution in [-0.2, 0) is 0 Å². The molecule has 1 atom stereocenters. The monoisotopic (exact) mass is 207 g/mol. The topological polar surface area (TPSA) is 49.2 Å². The number of hydrogen-bond acceptors (Lipinski definition) is 4. The van der Waals surface area contributed by atoms with Crippen LogP contribution in [0.25, 0.3) is 0 Å². The molecule has 0 spiro atoms. The van der Waals surface area contributed by atoms with E-state index in [0.717, 1.165) is 25.3 Å². The van der Waals surface area contributed by atoms with Gasteiger partial charge in [-0.25, -0.2) is 9.97 Å². The van der Waals surface area contributed by atoms with E-state index in [1.165, 1.54) is 12.8 Å². The van der Waals surface area contributed by atoms with E-state index in [2.05, 4.69) is 14.9 Å². The zero-order chi connectivity index (χ0) is 10.5. The number of aliphatic hydroxyl groups is 1. The van der Waals surface area contributed by atoms with Crippen LogP contribution in [0.15, 0.2) is 18.6 Å². The molecule has 0 radical (unpaired) electrons. The van der Waals surface area contributed by atoms with Crippen molar-refractivity contribution in [1.29, 1.82) is 0 Å². The van der Waals surface area contributed by atoms with Crippen LogP contribution in [0.4, 0.5) is 0 Å². The van der Waals surface area contributed by atoms with Gasteiger partial charge in [0.15, 0.2) is 0 Å². The van der Waals surface area contributed by atoms with E-state index >= 15 is 0 Å². The minimum atomic E-state index is 0.247. The van der Waals surface area contributed by atoms with Crippen molar-refractivity contribution in [3.05, 3.63) is 24.3 Å². The first-order chi connectivity index (χ1) is 7.40. The normalized spacial score (nSPS) is 22.9. The Kier molecular flexibility index (Phi) is 3.64. The van der Waals surface area contributed by atoms with Gasteiger partial charge >= 0.3 is 0 Å². The van der Waals surface area contributed by atoms with Gasteiger partial charge in [-0.1, -0.05) is 0 Å². The molecule has 0 saturated carbocycles. The lowest BCUT2D eigenvalue weighted by Crippen LogP contribution is -2.36. The molecular weight excluding hydrogens is 190 g/mol. The number of aliphatic hydroxyl groups excluding tert-OH is 1. The van der Waals surface area contributed by atoms with E-state index in [-0.39, 0.29) is 6.61 Å². The summed E-state index contributed by atoms with van der Waals surface area (Å²) in [5.41, 5.74) is 1.13. The second-order valence-electron chi connectivity index (χ2n) is 4.00. The molecule has 1 aromatic heterocycles. The quantitative estimate of drug-likeness (QED) is 0.790. The van der Waals surface area contributed by atoms with Crippen LogP contribution < -0.4 is 0 Å². The van der Waals surface area contributed by atoms with Crippen LogP contribution >= 0.6 is 0 Å². The van der Waals surface area contributed by atoms with Gasteiger partial charge < -0.3 is 10.0 Å². The van der Waals surface area contributed by atoms with Crippen molar-refractivity contribution in [1.82, 2.24) is 14.9 Å². The molecule has 1 aromatic rings. The Balaban J connectivity index is 1.98. The molecule has 2 rings (SSSR count). The lowest BCUT2D eigenvalue weighted by molar-refractivity contribution is 0.160. The first kappa shape index (κ1) is 10.5. The van der Waals surface area contributed by atoms with Crippen molar-refractivity contribution in [2.45, 2.75) is 18.8 Å². The van der Waals surface area contributed by atoms with Crippen molar-refractivity contribution in [2.75, 3.05) is 26.2 Å². The van der Waals surface area contributed by atoms with Gasteiger partial charge in [-0.05, 0) is 25.5 Å². The van der Waals surface area contributed by atoms with E-state index < -0.39 is 0 Å². The molecule has 0 bridgehead atoms. The van der Waals surface area contributed by atoms with Gasteiger partial charge in [0.2, 0.25) is 0 Å². The number of nitrogens with zero attached hydrogens (tertiary/aromatic N) is 3. The van der Waals surface area contributed by atoms with Crippen LogP contribution in [0.3, 0.4) is 0 Å². The third-order valence-corrected chi connectivity index (χ3v) is 2.94. The van der Waals surface area contributed by atoms with Gasteiger partial charge in [-0.3, -0.25) is 0 Å². The lowest BCUT2D eigenvalue weighted by Gasteiger charge is -2.31. The number of β-amino-alcohol motifs (C(OH)–C–C–N with tert-alkyl or cyclic N) is 1. The first-order valence-electron chi connectivity index (χ1n) is 5.49. The van der Waals surface area contributed by atoms with Crippen molar-refractivity contribution in [3.63, 3.8) is 0 Å². The Morgan fingerprint density at radius 2 is 2.47 bits per heavy atom. The van der Waals surface area contributed by atoms with Gasteiger partial charge in [0, 0.05) is 30.9 Å². The minimum absolute atomic E-state index is 0.247. The molecule has 1 aliphatic rings. The van der Waals surface area contributed by atoms with Crippen molar-refractivity contribution in [3.8, 4) is 0 Å². The molecule has 4 nitrogen and oxygen atoms in total. The summed E-state index contributed by atoms with van der Waals surface area (Å²) in [5, 5.41) is 8.91. The summed E-state index contributed by atoms with van der Waals surface area (Å²) in [6.07, 6.45) is 5.79. The van der Waals surface area contributed by atoms with Crippen LogP contribution in [0.5, 0.6) is 0 Å². The van der Waals surface area contributed by atoms with E-state index in [9.17, 15) is 0 Å². The van der Waals surface area contributed by atoms with Gasteiger partial charge in [0.1, 0.15) is 6.33 Å². The summed E-state index contributed by atoms with van der Waals surface area (Å²) in [6.45, 7) is 3.14. The molecule has 0 amide bonds. The van der Waals surface area contributed by atoms with Crippen molar-refractivity contribution >= 4 is 0 Å². The summed E-state index contributed by atoms with van der Waals surface area (Å²) in [7, 11) is 0. The molecule has 82 valence electrons. The average molecular weight is 207 g/mol. The highest BCUT2D eigenvalue weighted by molar-refractivity contribution is 5.07. The molecule has 1 aliphatic heterocycles. The highest BCUT2D eigenvalue weighted by atomic mass is 16.3. The minimum Gasteiger partial charge on any atom is -0.395 e. The average Bonchev–Trinajstić information content (AvgIpc) is 2.31. The maximum Gasteiger partial charge on any atom is 0.115 e. The highest BCUT2D eigenvalue weighted by Gasteiger charge is 2.21. The molecule has 1 fully saturated rings. The van der Waals surface area contributed by atoms with Crippen LogP contribution in [0.2, 0.25) is 0 Å². The van der Waals surface area contributed by atoms with Crippen molar-refractivity contribution < 1.29 is 5.11 Å². The summed E-state index contributed by atoms with van der Waals surface area (Å²) in [5.74, 6) is 0.508. The molecule has 4 heteroatoms. The summed E-state index contributed by atoms with van der Waals surface area (Å²) >= 11 is 0. The molecule has 15 heavy (non-hydrogen) atoms. The van der Waals surface area contributed by atoms with Gasteiger partial charge in [-0.2, -0.15) is 0 Å². The Bertz CT molecular complexity index is 289. The predicted molar refractivity (Wildman–Crippen MR) is 57.5 cm³/mol. The third kappa shape index (κ3) is 2.73. The van der Waals surface area contributed by atoms with Gasteiger partial charge in [0.05, 0.1) is 6.61 Å². The van der Waals surface area contributed by atoms with E-state index in [1.54, 1.807) is 12.5 Å². The molecule has 1 unspecified atom stereocenters. The fraction of sp³-hybridized carbons (Fsp3) is 0.636. The summed E-state index contributed by atoms with van der Waals surface area (Å²) < 4.78 is 0. The zero-order valence-electron chi connectivity index (χ0n) is 8.84.